The van der Waals surface area contributed by atoms with Gasteiger partial charge in [0.1, 0.15) is 5.82 Å². The third-order valence-corrected chi connectivity index (χ3v) is 2.70. The van der Waals surface area contributed by atoms with Crippen molar-refractivity contribution in [3.05, 3.63) is 33.1 Å². The first-order chi connectivity index (χ1) is 5.75. The molecule has 1 nitrogen and oxygen atoms in total. The van der Waals surface area contributed by atoms with Crippen LogP contribution in [0.4, 0.5) is 4.39 Å². The van der Waals surface area contributed by atoms with Crippen molar-refractivity contribution in [3.8, 4) is 0 Å². The van der Waals surface area contributed by atoms with E-state index in [2.05, 4.69) is 22.6 Å². The summed E-state index contributed by atoms with van der Waals surface area (Å²) in [5.74, 6) is -0.115. The summed E-state index contributed by atoms with van der Waals surface area (Å²) >= 11 is 2.14. The van der Waals surface area contributed by atoms with Gasteiger partial charge in [-0.1, -0.05) is 6.07 Å². The summed E-state index contributed by atoms with van der Waals surface area (Å²) < 4.78 is 14.1. The number of benzene rings is 1. The van der Waals surface area contributed by atoms with Crippen LogP contribution in [0.1, 0.15) is 12.0 Å². The van der Waals surface area contributed by atoms with E-state index in [1.165, 1.54) is 6.07 Å². The molecular formula is C9H11FIN. The molecule has 0 aliphatic heterocycles. The van der Waals surface area contributed by atoms with Gasteiger partial charge in [-0.2, -0.15) is 0 Å². The lowest BCUT2D eigenvalue weighted by Crippen LogP contribution is -2.02. The molecule has 0 aliphatic rings. The summed E-state index contributed by atoms with van der Waals surface area (Å²) in [5.41, 5.74) is 6.15. The molecule has 1 aromatic carbocycles. The van der Waals surface area contributed by atoms with Crippen molar-refractivity contribution in [1.82, 2.24) is 0 Å². The Hall–Kier alpha value is -0.160. The fourth-order valence-electron chi connectivity index (χ4n) is 1.05. The smallest absolute Gasteiger partial charge is 0.127 e. The number of hydrogen-bond donors (Lipinski definition) is 1. The van der Waals surface area contributed by atoms with Crippen LogP contribution in [0.2, 0.25) is 0 Å². The first-order valence-corrected chi connectivity index (χ1v) is 4.96. The van der Waals surface area contributed by atoms with Crippen LogP contribution in [0.5, 0.6) is 0 Å². The van der Waals surface area contributed by atoms with Gasteiger partial charge in [0.2, 0.25) is 0 Å². The van der Waals surface area contributed by atoms with Gasteiger partial charge in [-0.3, -0.25) is 0 Å². The van der Waals surface area contributed by atoms with E-state index in [-0.39, 0.29) is 5.82 Å². The number of nitrogens with two attached hydrogens (primary N) is 1. The molecule has 0 unspecified atom stereocenters. The summed E-state index contributed by atoms with van der Waals surface area (Å²) in [7, 11) is 0. The maximum Gasteiger partial charge on any atom is 0.127 e. The van der Waals surface area contributed by atoms with E-state index < -0.39 is 0 Å². The maximum absolute atomic E-state index is 13.1. The second-order valence-corrected chi connectivity index (χ2v) is 3.75. The number of hydrogen-bond acceptors (Lipinski definition) is 1. The topological polar surface area (TPSA) is 26.0 Å². The molecule has 0 fully saturated rings. The van der Waals surface area contributed by atoms with E-state index in [0.29, 0.717) is 6.54 Å². The summed E-state index contributed by atoms with van der Waals surface area (Å²) in [6.07, 6.45) is 1.58. The van der Waals surface area contributed by atoms with Gasteiger partial charge in [-0.25, -0.2) is 4.39 Å². The monoisotopic (exact) mass is 279 g/mol. The predicted molar refractivity (Wildman–Crippen MR) is 56.5 cm³/mol. The molecule has 0 aromatic heterocycles. The highest BCUT2D eigenvalue weighted by molar-refractivity contribution is 14.1. The molecule has 0 saturated carbocycles. The molecule has 0 atom stereocenters. The van der Waals surface area contributed by atoms with E-state index in [1.54, 1.807) is 6.07 Å². The summed E-state index contributed by atoms with van der Waals surface area (Å²) in [4.78, 5) is 0. The normalized spacial score (nSPS) is 10.2. The van der Waals surface area contributed by atoms with Gasteiger partial charge in [0.05, 0.1) is 0 Å². The fraction of sp³-hybridized carbons (Fsp3) is 0.333. The van der Waals surface area contributed by atoms with Crippen LogP contribution < -0.4 is 5.73 Å². The first-order valence-electron chi connectivity index (χ1n) is 3.88. The Bertz CT molecular complexity index is 242. The van der Waals surface area contributed by atoms with Crippen LogP contribution in [-0.2, 0) is 6.42 Å². The molecule has 0 spiro atoms. The lowest BCUT2D eigenvalue weighted by atomic mass is 10.1. The molecule has 0 saturated heterocycles. The van der Waals surface area contributed by atoms with Crippen LogP contribution in [0.25, 0.3) is 0 Å². The number of halogens is 2. The van der Waals surface area contributed by atoms with Crippen molar-refractivity contribution in [2.75, 3.05) is 6.54 Å². The van der Waals surface area contributed by atoms with Crippen LogP contribution in [0.15, 0.2) is 18.2 Å². The molecular weight excluding hydrogens is 268 g/mol. The summed E-state index contributed by atoms with van der Waals surface area (Å²) in [5, 5.41) is 0. The first kappa shape index (κ1) is 9.92. The fourth-order valence-corrected chi connectivity index (χ4v) is 1.78. The Labute approximate surface area is 85.3 Å². The second kappa shape index (κ2) is 4.77. The summed E-state index contributed by atoms with van der Waals surface area (Å²) in [6, 6.07) is 5.13. The Morgan fingerprint density at radius 3 is 2.75 bits per heavy atom. The van der Waals surface area contributed by atoms with Gasteiger partial charge in [0.25, 0.3) is 0 Å². The van der Waals surface area contributed by atoms with Crippen LogP contribution in [0.3, 0.4) is 0 Å². The van der Waals surface area contributed by atoms with Gasteiger partial charge in [0.15, 0.2) is 0 Å². The second-order valence-electron chi connectivity index (χ2n) is 2.59. The highest BCUT2D eigenvalue weighted by atomic mass is 127. The van der Waals surface area contributed by atoms with E-state index in [9.17, 15) is 4.39 Å². The van der Waals surface area contributed by atoms with Crippen molar-refractivity contribution >= 4 is 22.6 Å². The van der Waals surface area contributed by atoms with Gasteiger partial charge < -0.3 is 5.73 Å². The molecule has 12 heavy (non-hydrogen) atoms. The van der Waals surface area contributed by atoms with Gasteiger partial charge in [0, 0.05) is 9.13 Å². The predicted octanol–water partition coefficient (Wildman–Crippen LogP) is 2.32. The molecule has 1 rings (SSSR count). The molecule has 2 N–H and O–H groups in total. The van der Waals surface area contributed by atoms with Crippen molar-refractivity contribution in [2.24, 2.45) is 5.73 Å². The minimum Gasteiger partial charge on any atom is -0.330 e. The third kappa shape index (κ3) is 2.42. The Morgan fingerprint density at radius 1 is 1.42 bits per heavy atom. The van der Waals surface area contributed by atoms with Crippen molar-refractivity contribution in [3.63, 3.8) is 0 Å². The Morgan fingerprint density at radius 2 is 2.17 bits per heavy atom. The highest BCUT2D eigenvalue weighted by Gasteiger charge is 2.04. The maximum atomic E-state index is 13.1. The molecule has 1 aromatic rings. The minimum absolute atomic E-state index is 0.115. The minimum atomic E-state index is -0.115. The van der Waals surface area contributed by atoms with E-state index in [0.717, 1.165) is 22.0 Å². The molecule has 0 amide bonds. The van der Waals surface area contributed by atoms with E-state index in [4.69, 9.17) is 5.73 Å². The molecule has 66 valence electrons. The lowest BCUT2D eigenvalue weighted by molar-refractivity contribution is 0.603. The highest BCUT2D eigenvalue weighted by Crippen LogP contribution is 2.16. The lowest BCUT2D eigenvalue weighted by Gasteiger charge is -2.03. The van der Waals surface area contributed by atoms with Gasteiger partial charge in [-0.15, -0.1) is 0 Å². The van der Waals surface area contributed by atoms with Crippen molar-refractivity contribution in [2.45, 2.75) is 12.8 Å². The van der Waals surface area contributed by atoms with Crippen LogP contribution in [0, 0.1) is 9.39 Å². The molecule has 0 heterocycles. The van der Waals surface area contributed by atoms with E-state index >= 15 is 0 Å². The zero-order chi connectivity index (χ0) is 8.97. The van der Waals surface area contributed by atoms with Gasteiger partial charge in [-0.05, 0) is 54.1 Å². The standard InChI is InChI=1S/C9H11FIN/c10-8-4-1-5-9(11)7(8)3-2-6-12/h1,4-5H,2-3,6,12H2. The molecule has 0 aliphatic carbocycles. The SMILES string of the molecule is NCCCc1c(F)cccc1I. The van der Waals surface area contributed by atoms with Crippen LogP contribution in [-0.4, -0.2) is 6.54 Å². The Balaban J connectivity index is 2.81. The molecule has 0 radical (unpaired) electrons. The van der Waals surface area contributed by atoms with Crippen LogP contribution >= 0.6 is 22.6 Å². The quantitative estimate of drug-likeness (QED) is 0.844. The average Bonchev–Trinajstić information content (AvgIpc) is 2.04. The zero-order valence-electron chi connectivity index (χ0n) is 6.69. The summed E-state index contributed by atoms with van der Waals surface area (Å²) in [6.45, 7) is 0.615. The molecule has 0 bridgehead atoms. The van der Waals surface area contributed by atoms with Gasteiger partial charge >= 0.3 is 0 Å². The van der Waals surface area contributed by atoms with E-state index in [1.807, 2.05) is 6.07 Å². The number of rotatable bonds is 3. The Kier molecular flexibility index (Phi) is 3.94. The molecule has 3 heteroatoms. The average molecular weight is 279 g/mol. The largest absolute Gasteiger partial charge is 0.330 e. The third-order valence-electron chi connectivity index (χ3n) is 1.69. The van der Waals surface area contributed by atoms with Crippen molar-refractivity contribution < 1.29 is 4.39 Å². The van der Waals surface area contributed by atoms with Crippen molar-refractivity contribution in [1.29, 1.82) is 0 Å². The zero-order valence-corrected chi connectivity index (χ0v) is 8.84.